The maximum absolute atomic E-state index is 5.49. The predicted octanol–water partition coefficient (Wildman–Crippen LogP) is 4.74. The first-order valence-electron chi connectivity index (χ1n) is 9.43. The molecule has 0 N–H and O–H groups in total. The molecule has 0 saturated carbocycles. The Morgan fingerprint density at radius 1 is 1.08 bits per heavy atom. The summed E-state index contributed by atoms with van der Waals surface area (Å²) in [5.74, 6) is 0.902. The van der Waals surface area contributed by atoms with E-state index < -0.39 is 0 Å². The van der Waals surface area contributed by atoms with Crippen LogP contribution in [0.4, 0.5) is 0 Å². The largest absolute Gasteiger partial charge is 0.497 e. The van der Waals surface area contributed by atoms with E-state index in [1.165, 1.54) is 46.6 Å². The van der Waals surface area contributed by atoms with E-state index in [1.807, 2.05) is 10.6 Å². The van der Waals surface area contributed by atoms with Crippen molar-refractivity contribution in [2.45, 2.75) is 46.6 Å². The zero-order valence-electron chi connectivity index (χ0n) is 16.0. The van der Waals surface area contributed by atoms with Gasteiger partial charge in [-0.1, -0.05) is 24.3 Å². The van der Waals surface area contributed by atoms with Crippen LogP contribution in [0.1, 0.15) is 37.4 Å². The van der Waals surface area contributed by atoms with E-state index in [4.69, 9.17) is 9.84 Å². The standard InChI is InChI=1S/C22H26N3O/c1-5-6-7-11-24-20-14-17(26-4)8-9-18(20)19-10-12-25-21(22(19)24)13-15(2)16(3)23-25/h8-10,12-14H,5-7,11H2,1-4H3/q+1. The number of hydrogen-bond acceptors (Lipinski definition) is 2. The fourth-order valence-electron chi connectivity index (χ4n) is 3.79. The van der Waals surface area contributed by atoms with Gasteiger partial charge in [-0.15, -0.1) is 0 Å². The highest BCUT2D eigenvalue weighted by Gasteiger charge is 2.20. The lowest BCUT2D eigenvalue weighted by atomic mass is 10.1. The number of unbranched alkanes of at least 4 members (excludes halogenated alkanes) is 2. The molecule has 0 aliphatic rings. The summed E-state index contributed by atoms with van der Waals surface area (Å²) in [6.07, 6.45) is 5.70. The van der Waals surface area contributed by atoms with E-state index in [9.17, 15) is 0 Å². The Hall–Kier alpha value is -2.62. The third-order valence-corrected chi connectivity index (χ3v) is 5.35. The SMILES string of the molecule is CCCCCn1c2cc(OC)ccc2c2cc[n+]3nc(C)c(C)cc3c21. The number of benzene rings is 1. The van der Waals surface area contributed by atoms with Crippen molar-refractivity contribution in [3.8, 4) is 5.75 Å². The molecular weight excluding hydrogens is 322 g/mol. The van der Waals surface area contributed by atoms with Crippen LogP contribution >= 0.6 is 0 Å². The number of aryl methyl sites for hydroxylation is 3. The lowest BCUT2D eigenvalue weighted by Crippen LogP contribution is -2.28. The summed E-state index contributed by atoms with van der Waals surface area (Å²) >= 11 is 0. The first kappa shape index (κ1) is 16.8. The van der Waals surface area contributed by atoms with Gasteiger partial charge in [-0.3, -0.25) is 0 Å². The fraction of sp³-hybridized carbons (Fsp3) is 0.364. The molecule has 1 aromatic carbocycles. The van der Waals surface area contributed by atoms with E-state index >= 15 is 0 Å². The van der Waals surface area contributed by atoms with Crippen molar-refractivity contribution < 1.29 is 9.25 Å². The number of methoxy groups -OCH3 is 1. The number of fused-ring (bicyclic) bond motifs is 5. The van der Waals surface area contributed by atoms with Gasteiger partial charge in [-0.05, 0) is 38.0 Å². The average molecular weight is 348 g/mol. The van der Waals surface area contributed by atoms with Crippen molar-refractivity contribution in [1.29, 1.82) is 0 Å². The van der Waals surface area contributed by atoms with Gasteiger partial charge in [0.25, 0.3) is 5.52 Å². The van der Waals surface area contributed by atoms with Gasteiger partial charge in [0.1, 0.15) is 17.0 Å². The van der Waals surface area contributed by atoms with Crippen molar-refractivity contribution in [1.82, 2.24) is 9.67 Å². The molecular formula is C22H26N3O+. The van der Waals surface area contributed by atoms with E-state index in [-0.39, 0.29) is 0 Å². The second kappa shape index (κ2) is 6.60. The highest BCUT2D eigenvalue weighted by molar-refractivity contribution is 6.12. The monoisotopic (exact) mass is 348 g/mol. The second-order valence-corrected chi connectivity index (χ2v) is 7.06. The molecule has 0 bridgehead atoms. The maximum Gasteiger partial charge on any atom is 0.262 e. The lowest BCUT2D eigenvalue weighted by molar-refractivity contribution is -0.580. The lowest BCUT2D eigenvalue weighted by Gasteiger charge is -2.08. The normalized spacial score (nSPS) is 11.7. The minimum absolute atomic E-state index is 0.902. The van der Waals surface area contributed by atoms with E-state index in [0.717, 1.165) is 23.5 Å². The van der Waals surface area contributed by atoms with Crippen molar-refractivity contribution in [3.05, 3.63) is 47.8 Å². The van der Waals surface area contributed by atoms with Crippen LogP contribution in [-0.2, 0) is 6.54 Å². The van der Waals surface area contributed by atoms with Crippen LogP contribution in [0.3, 0.4) is 0 Å². The molecule has 3 heterocycles. The number of nitrogens with zero attached hydrogens (tertiary/aromatic N) is 3. The molecule has 4 aromatic rings. The average Bonchev–Trinajstić information content (AvgIpc) is 2.96. The molecule has 0 atom stereocenters. The van der Waals surface area contributed by atoms with Gasteiger partial charge in [0, 0.05) is 40.6 Å². The van der Waals surface area contributed by atoms with Crippen LogP contribution in [0.2, 0.25) is 0 Å². The Morgan fingerprint density at radius 2 is 1.92 bits per heavy atom. The molecule has 26 heavy (non-hydrogen) atoms. The van der Waals surface area contributed by atoms with Crippen LogP contribution in [-0.4, -0.2) is 16.8 Å². The Kier molecular flexibility index (Phi) is 4.27. The van der Waals surface area contributed by atoms with Gasteiger partial charge in [-0.25, -0.2) is 0 Å². The molecule has 3 aromatic heterocycles. The zero-order chi connectivity index (χ0) is 18.3. The Bertz CT molecular complexity index is 1110. The van der Waals surface area contributed by atoms with Crippen LogP contribution in [0.25, 0.3) is 27.3 Å². The number of ether oxygens (including phenoxy) is 1. The molecule has 0 fully saturated rings. The second-order valence-electron chi connectivity index (χ2n) is 7.06. The maximum atomic E-state index is 5.49. The summed E-state index contributed by atoms with van der Waals surface area (Å²) in [5, 5.41) is 7.30. The molecule has 0 aliphatic heterocycles. The minimum Gasteiger partial charge on any atom is -0.497 e. The van der Waals surface area contributed by atoms with Crippen LogP contribution in [0.5, 0.6) is 5.75 Å². The van der Waals surface area contributed by atoms with Gasteiger partial charge in [0.2, 0.25) is 6.20 Å². The van der Waals surface area contributed by atoms with E-state index in [0.29, 0.717) is 0 Å². The molecule has 134 valence electrons. The molecule has 0 amide bonds. The van der Waals surface area contributed by atoms with Gasteiger partial charge >= 0.3 is 0 Å². The summed E-state index contributed by atoms with van der Waals surface area (Å²) in [7, 11) is 1.73. The van der Waals surface area contributed by atoms with Crippen molar-refractivity contribution in [2.24, 2.45) is 0 Å². The third kappa shape index (κ3) is 2.61. The summed E-state index contributed by atoms with van der Waals surface area (Å²) in [6.45, 7) is 7.45. The van der Waals surface area contributed by atoms with Crippen molar-refractivity contribution in [2.75, 3.05) is 7.11 Å². The third-order valence-electron chi connectivity index (χ3n) is 5.35. The van der Waals surface area contributed by atoms with E-state index in [1.54, 1.807) is 7.11 Å². The quantitative estimate of drug-likeness (QED) is 0.385. The number of pyridine rings is 1. The van der Waals surface area contributed by atoms with Gasteiger partial charge in [-0.2, -0.15) is 0 Å². The van der Waals surface area contributed by atoms with E-state index in [2.05, 4.69) is 55.8 Å². The Morgan fingerprint density at radius 3 is 2.69 bits per heavy atom. The molecule has 0 radical (unpaired) electrons. The highest BCUT2D eigenvalue weighted by atomic mass is 16.5. The van der Waals surface area contributed by atoms with Gasteiger partial charge < -0.3 is 9.30 Å². The summed E-state index contributed by atoms with van der Waals surface area (Å²) < 4.78 is 9.95. The summed E-state index contributed by atoms with van der Waals surface area (Å²) in [5.41, 5.74) is 5.96. The smallest absolute Gasteiger partial charge is 0.262 e. The summed E-state index contributed by atoms with van der Waals surface area (Å²) in [6, 6.07) is 10.8. The predicted molar refractivity (Wildman–Crippen MR) is 106 cm³/mol. The topological polar surface area (TPSA) is 31.1 Å². The molecule has 4 rings (SSSR count). The summed E-state index contributed by atoms with van der Waals surface area (Å²) in [4.78, 5) is 0. The fourth-order valence-corrected chi connectivity index (χ4v) is 3.79. The number of rotatable bonds is 5. The van der Waals surface area contributed by atoms with Gasteiger partial charge in [0.05, 0.1) is 12.6 Å². The zero-order valence-corrected chi connectivity index (χ0v) is 16.0. The van der Waals surface area contributed by atoms with Gasteiger partial charge in [0.15, 0.2) is 0 Å². The molecule has 0 aliphatic carbocycles. The van der Waals surface area contributed by atoms with Crippen LogP contribution < -0.4 is 9.25 Å². The van der Waals surface area contributed by atoms with Crippen molar-refractivity contribution >= 4 is 27.3 Å². The minimum atomic E-state index is 0.902. The number of hydrogen-bond donors (Lipinski definition) is 0. The highest BCUT2D eigenvalue weighted by Crippen LogP contribution is 2.33. The molecule has 4 heteroatoms. The van der Waals surface area contributed by atoms with Crippen molar-refractivity contribution in [3.63, 3.8) is 0 Å². The Labute approximate surface area is 154 Å². The van der Waals surface area contributed by atoms with Crippen LogP contribution in [0.15, 0.2) is 36.5 Å². The van der Waals surface area contributed by atoms with Crippen LogP contribution in [0, 0.1) is 13.8 Å². The number of aromatic nitrogens is 3. The first-order chi connectivity index (χ1) is 12.6. The Balaban J connectivity index is 2.10. The molecule has 4 nitrogen and oxygen atoms in total. The molecule has 0 unspecified atom stereocenters. The first-order valence-corrected chi connectivity index (χ1v) is 9.43. The molecule has 0 saturated heterocycles. The molecule has 0 spiro atoms.